The van der Waals surface area contributed by atoms with Crippen LogP contribution in [-0.2, 0) is 0 Å². The second-order valence-electron chi connectivity index (χ2n) is 7.24. The van der Waals surface area contributed by atoms with E-state index in [4.69, 9.17) is 0 Å². The van der Waals surface area contributed by atoms with Crippen LogP contribution >= 0.6 is 0 Å². The summed E-state index contributed by atoms with van der Waals surface area (Å²) in [6, 6.07) is 11.9. The van der Waals surface area contributed by atoms with Crippen LogP contribution in [0.2, 0.25) is 0 Å². The summed E-state index contributed by atoms with van der Waals surface area (Å²) in [5.41, 5.74) is 3.23. The maximum atomic E-state index is 11.3. The van der Waals surface area contributed by atoms with E-state index in [9.17, 15) is 20.2 Å². The molecule has 2 atom stereocenters. The Balaban J connectivity index is 1.78. The van der Waals surface area contributed by atoms with Gasteiger partial charge >= 0.3 is 0 Å². The van der Waals surface area contributed by atoms with Crippen molar-refractivity contribution in [3.8, 4) is 0 Å². The van der Waals surface area contributed by atoms with E-state index in [0.29, 0.717) is 0 Å². The van der Waals surface area contributed by atoms with Crippen LogP contribution < -0.4 is 0 Å². The Morgan fingerprint density at radius 1 is 0.889 bits per heavy atom. The first-order valence-corrected chi connectivity index (χ1v) is 8.89. The third-order valence-corrected chi connectivity index (χ3v) is 5.63. The topological polar surface area (TPSA) is 92.8 Å². The highest BCUT2D eigenvalue weighted by Crippen LogP contribution is 2.42. The number of nitro benzene ring substituents is 2. The lowest BCUT2D eigenvalue weighted by molar-refractivity contribution is -0.385. The summed E-state index contributed by atoms with van der Waals surface area (Å²) >= 11 is 0. The Morgan fingerprint density at radius 3 is 2.22 bits per heavy atom. The van der Waals surface area contributed by atoms with Gasteiger partial charge in [0.05, 0.1) is 9.85 Å². The van der Waals surface area contributed by atoms with E-state index in [-0.39, 0.29) is 28.3 Å². The van der Waals surface area contributed by atoms with E-state index in [2.05, 4.69) is 16.8 Å². The highest BCUT2D eigenvalue weighted by Gasteiger charge is 2.37. The maximum absolute atomic E-state index is 11.3. The molecular weight excluding hydrogens is 348 g/mol. The summed E-state index contributed by atoms with van der Waals surface area (Å²) in [6.07, 6.45) is 0. The fraction of sp³-hybridized carbons (Fsp3) is 0.368. The van der Waals surface area contributed by atoms with Crippen molar-refractivity contribution in [1.29, 1.82) is 0 Å². The van der Waals surface area contributed by atoms with Gasteiger partial charge < -0.3 is 4.90 Å². The molecule has 1 saturated heterocycles. The van der Waals surface area contributed by atoms with Gasteiger partial charge in [-0.05, 0) is 23.7 Å². The second kappa shape index (κ2) is 6.71. The van der Waals surface area contributed by atoms with Crippen molar-refractivity contribution in [2.75, 3.05) is 33.2 Å². The molecule has 0 saturated carbocycles. The van der Waals surface area contributed by atoms with Gasteiger partial charge in [-0.15, -0.1) is 0 Å². The molecule has 4 rings (SSSR count). The van der Waals surface area contributed by atoms with Crippen molar-refractivity contribution >= 4 is 11.4 Å². The molecule has 8 heteroatoms. The molecule has 0 unspecified atom stereocenters. The largest absolute Gasteiger partial charge is 0.303 e. The molecule has 140 valence electrons. The summed E-state index contributed by atoms with van der Waals surface area (Å²) in [5.74, 6) is 0.0428. The molecule has 0 radical (unpaired) electrons. The van der Waals surface area contributed by atoms with Crippen LogP contribution in [0.5, 0.6) is 0 Å². The Labute approximate surface area is 156 Å². The number of hydrogen-bond acceptors (Lipinski definition) is 6. The van der Waals surface area contributed by atoms with E-state index in [1.807, 2.05) is 6.07 Å². The van der Waals surface area contributed by atoms with E-state index in [0.717, 1.165) is 42.9 Å². The Morgan fingerprint density at radius 2 is 1.56 bits per heavy atom. The SMILES string of the molecule is CN1CCN2C[C@@H](c3ccc([N+](=O)[O-])cc3)c3ccc([N+](=O)[O-])cc3[C@@H]2C1. The molecule has 2 heterocycles. The Kier molecular flexibility index (Phi) is 4.37. The maximum Gasteiger partial charge on any atom is 0.269 e. The van der Waals surface area contributed by atoms with Crippen LogP contribution in [0, 0.1) is 20.2 Å². The van der Waals surface area contributed by atoms with Crippen LogP contribution in [0.4, 0.5) is 11.4 Å². The normalized spacial score (nSPS) is 22.7. The average Bonchev–Trinajstić information content (AvgIpc) is 2.67. The molecule has 2 aromatic rings. The Bertz CT molecular complexity index is 899. The van der Waals surface area contributed by atoms with Gasteiger partial charge in [-0.25, -0.2) is 0 Å². The molecule has 0 aromatic heterocycles. The van der Waals surface area contributed by atoms with Crippen molar-refractivity contribution in [2.24, 2.45) is 0 Å². The number of piperazine rings is 1. The van der Waals surface area contributed by atoms with Gasteiger partial charge in [-0.1, -0.05) is 18.2 Å². The number of fused-ring (bicyclic) bond motifs is 3. The van der Waals surface area contributed by atoms with Gasteiger partial charge in [0.1, 0.15) is 0 Å². The first-order valence-electron chi connectivity index (χ1n) is 8.89. The molecule has 27 heavy (non-hydrogen) atoms. The lowest BCUT2D eigenvalue weighted by Gasteiger charge is -2.46. The zero-order valence-electron chi connectivity index (χ0n) is 14.9. The lowest BCUT2D eigenvalue weighted by Crippen LogP contribution is -2.50. The van der Waals surface area contributed by atoms with Gasteiger partial charge in [0.25, 0.3) is 11.4 Å². The number of non-ortho nitro benzene ring substituents is 2. The quantitative estimate of drug-likeness (QED) is 0.611. The number of nitrogens with zero attached hydrogens (tertiary/aromatic N) is 4. The minimum absolute atomic E-state index is 0.0428. The summed E-state index contributed by atoms with van der Waals surface area (Å²) in [6.45, 7) is 3.49. The number of benzene rings is 2. The molecule has 0 aliphatic carbocycles. The molecule has 0 spiro atoms. The van der Waals surface area contributed by atoms with Crippen LogP contribution in [0.1, 0.15) is 28.7 Å². The molecular formula is C19H20N4O4. The van der Waals surface area contributed by atoms with Crippen molar-refractivity contribution in [2.45, 2.75) is 12.0 Å². The third kappa shape index (κ3) is 3.17. The van der Waals surface area contributed by atoms with Crippen molar-refractivity contribution < 1.29 is 9.85 Å². The molecule has 0 amide bonds. The minimum Gasteiger partial charge on any atom is -0.303 e. The van der Waals surface area contributed by atoms with E-state index < -0.39 is 4.92 Å². The number of nitro groups is 2. The fourth-order valence-corrected chi connectivity index (χ4v) is 4.20. The van der Waals surface area contributed by atoms with Gasteiger partial charge in [-0.2, -0.15) is 0 Å². The van der Waals surface area contributed by atoms with Crippen LogP contribution in [0.25, 0.3) is 0 Å². The predicted octanol–water partition coefficient (Wildman–Crippen LogP) is 2.94. The molecule has 0 bridgehead atoms. The molecule has 2 aliphatic heterocycles. The van der Waals surface area contributed by atoms with Crippen molar-refractivity contribution in [1.82, 2.24) is 9.80 Å². The Hall–Kier alpha value is -2.84. The van der Waals surface area contributed by atoms with E-state index in [1.54, 1.807) is 24.3 Å². The summed E-state index contributed by atoms with van der Waals surface area (Å²) in [5, 5.41) is 22.2. The minimum atomic E-state index is -0.404. The van der Waals surface area contributed by atoms with Crippen molar-refractivity contribution in [3.63, 3.8) is 0 Å². The van der Waals surface area contributed by atoms with E-state index in [1.165, 1.54) is 12.1 Å². The van der Waals surface area contributed by atoms with E-state index >= 15 is 0 Å². The first kappa shape index (κ1) is 17.6. The molecule has 1 fully saturated rings. The predicted molar refractivity (Wildman–Crippen MR) is 99.8 cm³/mol. The van der Waals surface area contributed by atoms with Crippen LogP contribution in [-0.4, -0.2) is 52.9 Å². The second-order valence-corrected chi connectivity index (χ2v) is 7.24. The van der Waals surface area contributed by atoms with Crippen molar-refractivity contribution in [3.05, 3.63) is 79.4 Å². The smallest absolute Gasteiger partial charge is 0.269 e. The molecule has 0 N–H and O–H groups in total. The summed E-state index contributed by atoms with van der Waals surface area (Å²) < 4.78 is 0. The zero-order chi connectivity index (χ0) is 19.1. The number of hydrogen-bond donors (Lipinski definition) is 0. The molecule has 2 aromatic carbocycles. The van der Waals surface area contributed by atoms with Gasteiger partial charge in [0.15, 0.2) is 0 Å². The highest BCUT2D eigenvalue weighted by molar-refractivity contribution is 5.49. The molecule has 8 nitrogen and oxygen atoms in total. The van der Waals surface area contributed by atoms with Gasteiger partial charge in [0.2, 0.25) is 0 Å². The van der Waals surface area contributed by atoms with Gasteiger partial charge in [0, 0.05) is 62.4 Å². The zero-order valence-corrected chi connectivity index (χ0v) is 14.9. The third-order valence-electron chi connectivity index (χ3n) is 5.63. The standard InChI is InChI=1S/C19H20N4O4/c1-20-8-9-21-11-18(13-2-4-14(5-3-13)22(24)25)16-7-6-15(23(26)27)10-17(16)19(21)12-20/h2-7,10,18-19H,8-9,11-12H2,1H3/t18-,19-/m0/s1. The first-order chi connectivity index (χ1) is 12.9. The monoisotopic (exact) mass is 368 g/mol. The van der Waals surface area contributed by atoms with Gasteiger partial charge in [-0.3, -0.25) is 25.1 Å². The average molecular weight is 368 g/mol. The molecule has 2 aliphatic rings. The lowest BCUT2D eigenvalue weighted by atomic mass is 9.80. The fourth-order valence-electron chi connectivity index (χ4n) is 4.20. The number of likely N-dealkylation sites (N-methyl/N-ethyl adjacent to an activating group) is 1. The number of rotatable bonds is 3. The van der Waals surface area contributed by atoms with Crippen LogP contribution in [0.15, 0.2) is 42.5 Å². The van der Waals surface area contributed by atoms with Crippen LogP contribution in [0.3, 0.4) is 0 Å². The highest BCUT2D eigenvalue weighted by atomic mass is 16.6. The summed E-state index contributed by atoms with van der Waals surface area (Å²) in [4.78, 5) is 26.1. The summed E-state index contributed by atoms with van der Waals surface area (Å²) in [7, 11) is 2.07.